The van der Waals surface area contributed by atoms with Gasteiger partial charge in [0.15, 0.2) is 9.84 Å². The number of carbonyl (C=O) groups is 1. The molecule has 1 aromatic rings. The molecule has 1 aromatic carbocycles. The van der Waals surface area contributed by atoms with Crippen LogP contribution in [0, 0.1) is 0 Å². The number of hydrogen-bond donors (Lipinski definition) is 1. The van der Waals surface area contributed by atoms with E-state index in [2.05, 4.69) is 0 Å². The molecule has 0 aliphatic rings. The minimum atomic E-state index is -3.21. The second-order valence-electron chi connectivity index (χ2n) is 4.29. The first-order valence-corrected chi connectivity index (χ1v) is 8.71. The SMILES string of the molecule is CC(C)S(=O)(=O)CCS(=O)c1ccc(C(=O)O)cc1. The zero-order valence-electron chi connectivity index (χ0n) is 10.7. The minimum Gasteiger partial charge on any atom is -0.478 e. The average molecular weight is 304 g/mol. The summed E-state index contributed by atoms with van der Waals surface area (Å²) < 4.78 is 35.1. The van der Waals surface area contributed by atoms with Crippen LogP contribution >= 0.6 is 0 Å². The van der Waals surface area contributed by atoms with Crippen molar-refractivity contribution in [1.29, 1.82) is 0 Å². The highest BCUT2D eigenvalue weighted by Gasteiger charge is 2.17. The van der Waals surface area contributed by atoms with Gasteiger partial charge < -0.3 is 5.11 Å². The maximum atomic E-state index is 11.9. The smallest absolute Gasteiger partial charge is 0.335 e. The Labute approximate surface area is 115 Å². The largest absolute Gasteiger partial charge is 0.478 e. The summed E-state index contributed by atoms with van der Waals surface area (Å²) in [6.07, 6.45) is 0. The zero-order valence-corrected chi connectivity index (χ0v) is 12.3. The van der Waals surface area contributed by atoms with Crippen molar-refractivity contribution in [3.8, 4) is 0 Å². The first-order valence-electron chi connectivity index (χ1n) is 5.67. The van der Waals surface area contributed by atoms with Crippen LogP contribution in [0.15, 0.2) is 29.2 Å². The van der Waals surface area contributed by atoms with Crippen LogP contribution in [0.4, 0.5) is 0 Å². The molecule has 1 unspecified atom stereocenters. The number of sulfone groups is 1. The molecule has 0 saturated heterocycles. The fraction of sp³-hybridized carbons (Fsp3) is 0.417. The molecular formula is C12H16O5S2. The number of carboxylic acids is 1. The molecule has 0 aliphatic carbocycles. The summed E-state index contributed by atoms with van der Waals surface area (Å²) in [5.41, 5.74) is 0.107. The molecule has 106 valence electrons. The monoisotopic (exact) mass is 304 g/mol. The lowest BCUT2D eigenvalue weighted by molar-refractivity contribution is 0.0697. The molecule has 0 aliphatic heterocycles. The molecule has 0 radical (unpaired) electrons. The third kappa shape index (κ3) is 4.43. The number of hydrogen-bond acceptors (Lipinski definition) is 4. The second kappa shape index (κ2) is 6.29. The van der Waals surface area contributed by atoms with E-state index in [4.69, 9.17) is 5.11 Å². The molecule has 19 heavy (non-hydrogen) atoms. The second-order valence-corrected chi connectivity index (χ2v) is 8.54. The molecule has 1 rings (SSSR count). The summed E-state index contributed by atoms with van der Waals surface area (Å²) in [6, 6.07) is 5.60. The molecular weight excluding hydrogens is 288 g/mol. The first-order chi connectivity index (χ1) is 8.74. The standard InChI is InChI=1S/C12H16O5S2/c1-9(2)19(16,17)8-7-18(15)11-5-3-10(4-6-11)12(13)14/h3-6,9H,7-8H2,1-2H3,(H,13,14). The Morgan fingerprint density at radius 1 is 1.26 bits per heavy atom. The average Bonchev–Trinajstić information content (AvgIpc) is 2.36. The van der Waals surface area contributed by atoms with Gasteiger partial charge in [0.2, 0.25) is 0 Å². The lowest BCUT2D eigenvalue weighted by Crippen LogP contribution is -2.21. The van der Waals surface area contributed by atoms with Gasteiger partial charge in [-0.3, -0.25) is 4.21 Å². The van der Waals surface area contributed by atoms with Gasteiger partial charge in [-0.05, 0) is 38.1 Å². The van der Waals surface area contributed by atoms with E-state index in [1.54, 1.807) is 13.8 Å². The van der Waals surface area contributed by atoms with E-state index >= 15 is 0 Å². The van der Waals surface area contributed by atoms with Crippen molar-refractivity contribution >= 4 is 26.6 Å². The van der Waals surface area contributed by atoms with E-state index in [1.165, 1.54) is 24.3 Å². The predicted octanol–water partition coefficient (Wildman–Crippen LogP) is 1.32. The Morgan fingerprint density at radius 3 is 2.21 bits per heavy atom. The first kappa shape index (κ1) is 15.8. The molecule has 0 fully saturated rings. The van der Waals surface area contributed by atoms with Gasteiger partial charge in [-0.2, -0.15) is 0 Å². The van der Waals surface area contributed by atoms with Gasteiger partial charge in [-0.15, -0.1) is 0 Å². The maximum Gasteiger partial charge on any atom is 0.335 e. The van der Waals surface area contributed by atoms with Crippen molar-refractivity contribution in [2.24, 2.45) is 0 Å². The van der Waals surface area contributed by atoms with E-state index in [0.29, 0.717) is 4.90 Å². The Kier molecular flexibility index (Phi) is 5.25. The summed E-state index contributed by atoms with van der Waals surface area (Å²) in [5.74, 6) is -1.18. The van der Waals surface area contributed by atoms with Crippen LogP contribution in [0.5, 0.6) is 0 Å². The van der Waals surface area contributed by atoms with Gasteiger partial charge in [0.1, 0.15) is 0 Å². The zero-order chi connectivity index (χ0) is 14.6. The third-order valence-electron chi connectivity index (χ3n) is 2.64. The van der Waals surface area contributed by atoms with Crippen molar-refractivity contribution < 1.29 is 22.5 Å². The molecule has 7 heteroatoms. The molecule has 0 heterocycles. The van der Waals surface area contributed by atoms with Gasteiger partial charge in [0.05, 0.1) is 27.4 Å². The third-order valence-corrected chi connectivity index (χ3v) is 6.48. The summed E-state index contributed by atoms with van der Waals surface area (Å²) in [7, 11) is -4.65. The van der Waals surface area contributed by atoms with Crippen LogP contribution in [0.25, 0.3) is 0 Å². The van der Waals surface area contributed by atoms with E-state index in [1.807, 2.05) is 0 Å². The van der Waals surface area contributed by atoms with Gasteiger partial charge in [-0.25, -0.2) is 13.2 Å². The van der Waals surface area contributed by atoms with Crippen LogP contribution in [0.3, 0.4) is 0 Å². The summed E-state index contributed by atoms with van der Waals surface area (Å²) in [5, 5.41) is 8.24. The van der Waals surface area contributed by atoms with Crippen molar-refractivity contribution in [1.82, 2.24) is 0 Å². The Morgan fingerprint density at radius 2 is 1.79 bits per heavy atom. The van der Waals surface area contributed by atoms with Gasteiger partial charge >= 0.3 is 5.97 Å². The van der Waals surface area contributed by atoms with E-state index < -0.39 is 31.9 Å². The van der Waals surface area contributed by atoms with Gasteiger partial charge in [-0.1, -0.05) is 0 Å². The maximum absolute atomic E-state index is 11.9. The quantitative estimate of drug-likeness (QED) is 0.856. The van der Waals surface area contributed by atoms with Crippen molar-refractivity contribution in [2.75, 3.05) is 11.5 Å². The molecule has 0 spiro atoms. The fourth-order valence-corrected chi connectivity index (χ4v) is 3.98. The van der Waals surface area contributed by atoms with E-state index in [-0.39, 0.29) is 17.1 Å². The van der Waals surface area contributed by atoms with E-state index in [9.17, 15) is 17.4 Å². The molecule has 1 atom stereocenters. The van der Waals surface area contributed by atoms with Crippen molar-refractivity contribution in [2.45, 2.75) is 24.0 Å². The van der Waals surface area contributed by atoms with Crippen LogP contribution in [-0.4, -0.2) is 40.5 Å². The summed E-state index contributed by atoms with van der Waals surface area (Å²) in [4.78, 5) is 11.1. The van der Waals surface area contributed by atoms with E-state index in [0.717, 1.165) is 0 Å². The normalized spacial score (nSPS) is 13.4. The number of aromatic carboxylic acids is 1. The highest BCUT2D eigenvalue weighted by Crippen LogP contribution is 2.11. The predicted molar refractivity (Wildman–Crippen MR) is 73.6 cm³/mol. The molecule has 0 amide bonds. The molecule has 0 saturated carbocycles. The molecule has 0 aromatic heterocycles. The molecule has 1 N–H and O–H groups in total. The van der Waals surface area contributed by atoms with Crippen molar-refractivity contribution in [3.63, 3.8) is 0 Å². The van der Waals surface area contributed by atoms with Crippen LogP contribution in [0.2, 0.25) is 0 Å². The van der Waals surface area contributed by atoms with Crippen LogP contribution < -0.4 is 0 Å². The lowest BCUT2D eigenvalue weighted by Gasteiger charge is -2.07. The van der Waals surface area contributed by atoms with Gasteiger partial charge in [0, 0.05) is 10.6 Å². The minimum absolute atomic E-state index is 0.0208. The molecule has 5 nitrogen and oxygen atoms in total. The Hall–Kier alpha value is -1.21. The summed E-state index contributed by atoms with van der Waals surface area (Å²) >= 11 is 0. The lowest BCUT2D eigenvalue weighted by atomic mass is 10.2. The fourth-order valence-electron chi connectivity index (χ4n) is 1.29. The number of benzene rings is 1. The van der Waals surface area contributed by atoms with Gasteiger partial charge in [0.25, 0.3) is 0 Å². The van der Waals surface area contributed by atoms with Crippen LogP contribution in [-0.2, 0) is 20.6 Å². The Balaban J connectivity index is 2.72. The topological polar surface area (TPSA) is 88.5 Å². The van der Waals surface area contributed by atoms with Crippen LogP contribution in [0.1, 0.15) is 24.2 Å². The molecule has 0 bridgehead atoms. The highest BCUT2D eigenvalue weighted by atomic mass is 32.2. The number of carboxylic acid groups (broad SMARTS) is 1. The highest BCUT2D eigenvalue weighted by molar-refractivity contribution is 7.93. The van der Waals surface area contributed by atoms with Crippen molar-refractivity contribution in [3.05, 3.63) is 29.8 Å². The number of rotatable bonds is 6. The Bertz CT molecular complexity index is 573. The summed E-state index contributed by atoms with van der Waals surface area (Å²) in [6.45, 7) is 3.17.